The average molecular weight is 268 g/mol. The van der Waals surface area contributed by atoms with Gasteiger partial charge >= 0.3 is 0 Å². The summed E-state index contributed by atoms with van der Waals surface area (Å²) in [6.07, 6.45) is 3.16. The number of carbonyl (C=O) groups excluding carboxylic acids is 1. The summed E-state index contributed by atoms with van der Waals surface area (Å²) < 4.78 is 14.6. The molecule has 1 aromatic heterocycles. The van der Waals surface area contributed by atoms with Crippen molar-refractivity contribution in [1.82, 2.24) is 14.9 Å². The highest BCUT2D eigenvalue weighted by Crippen LogP contribution is 2.15. The molecule has 18 heavy (non-hydrogen) atoms. The number of imidazole rings is 1. The van der Waals surface area contributed by atoms with Crippen LogP contribution in [0.5, 0.6) is 0 Å². The molecule has 1 heterocycles. The van der Waals surface area contributed by atoms with E-state index < -0.39 is 5.82 Å². The SMILES string of the molecule is Cn1cnc(C(=O)NCc2ccc(F)c(Cl)c2)c1. The Balaban J connectivity index is 1.99. The second-order valence-electron chi connectivity index (χ2n) is 3.86. The maximum atomic E-state index is 12.9. The summed E-state index contributed by atoms with van der Waals surface area (Å²) in [4.78, 5) is 15.6. The number of nitrogens with zero attached hydrogens (tertiary/aromatic N) is 2. The van der Waals surface area contributed by atoms with Gasteiger partial charge in [-0.1, -0.05) is 17.7 Å². The fourth-order valence-electron chi connectivity index (χ4n) is 1.45. The topological polar surface area (TPSA) is 46.9 Å². The van der Waals surface area contributed by atoms with E-state index in [1.807, 2.05) is 0 Å². The Kier molecular flexibility index (Phi) is 3.62. The van der Waals surface area contributed by atoms with E-state index in [-0.39, 0.29) is 17.5 Å². The molecule has 0 aliphatic heterocycles. The van der Waals surface area contributed by atoms with Crippen LogP contribution in [0.25, 0.3) is 0 Å². The molecule has 0 atom stereocenters. The minimum absolute atomic E-state index is 0.0413. The van der Waals surface area contributed by atoms with Crippen LogP contribution in [0.1, 0.15) is 16.1 Å². The van der Waals surface area contributed by atoms with E-state index in [0.29, 0.717) is 5.69 Å². The molecule has 1 N–H and O–H groups in total. The molecule has 94 valence electrons. The molecular formula is C12H11ClFN3O. The molecule has 1 aromatic carbocycles. The van der Waals surface area contributed by atoms with E-state index in [4.69, 9.17) is 11.6 Å². The van der Waals surface area contributed by atoms with Gasteiger partial charge in [0.1, 0.15) is 11.5 Å². The fourth-order valence-corrected chi connectivity index (χ4v) is 1.66. The molecule has 0 fully saturated rings. The molecule has 2 rings (SSSR count). The zero-order valence-electron chi connectivity index (χ0n) is 9.65. The van der Waals surface area contributed by atoms with Crippen molar-refractivity contribution < 1.29 is 9.18 Å². The Morgan fingerprint density at radius 3 is 2.94 bits per heavy atom. The van der Waals surface area contributed by atoms with E-state index in [9.17, 15) is 9.18 Å². The predicted octanol–water partition coefficient (Wildman–Crippen LogP) is 2.14. The molecule has 2 aromatic rings. The molecule has 0 aliphatic rings. The summed E-state index contributed by atoms with van der Waals surface area (Å²) >= 11 is 5.65. The van der Waals surface area contributed by atoms with E-state index >= 15 is 0 Å². The van der Waals surface area contributed by atoms with Crippen LogP contribution in [0.4, 0.5) is 4.39 Å². The summed E-state index contributed by atoms with van der Waals surface area (Å²) in [7, 11) is 1.78. The predicted molar refractivity (Wildman–Crippen MR) is 65.8 cm³/mol. The second kappa shape index (κ2) is 5.18. The van der Waals surface area contributed by atoms with Gasteiger partial charge in [-0.25, -0.2) is 9.37 Å². The lowest BCUT2D eigenvalue weighted by Crippen LogP contribution is -2.23. The van der Waals surface area contributed by atoms with Gasteiger partial charge in [0.2, 0.25) is 0 Å². The van der Waals surface area contributed by atoms with Gasteiger partial charge in [0.25, 0.3) is 5.91 Å². The Bertz CT molecular complexity index is 582. The smallest absolute Gasteiger partial charge is 0.271 e. The number of nitrogens with one attached hydrogen (secondary N) is 1. The number of aryl methyl sites for hydroxylation is 1. The Hall–Kier alpha value is -1.88. The first kappa shape index (κ1) is 12.6. The minimum atomic E-state index is -0.475. The first-order chi connectivity index (χ1) is 8.56. The third-order valence-electron chi connectivity index (χ3n) is 2.37. The summed E-state index contributed by atoms with van der Waals surface area (Å²) in [5.41, 5.74) is 1.07. The molecule has 0 saturated heterocycles. The molecule has 0 radical (unpaired) electrons. The van der Waals surface area contributed by atoms with Crippen molar-refractivity contribution in [1.29, 1.82) is 0 Å². The van der Waals surface area contributed by atoms with E-state index in [1.54, 1.807) is 30.2 Å². The monoisotopic (exact) mass is 267 g/mol. The summed E-state index contributed by atoms with van der Waals surface area (Å²) in [5, 5.41) is 2.72. The van der Waals surface area contributed by atoms with Gasteiger partial charge in [-0.05, 0) is 17.7 Å². The number of aromatic nitrogens is 2. The Morgan fingerprint density at radius 2 is 2.33 bits per heavy atom. The number of amides is 1. The van der Waals surface area contributed by atoms with Crippen molar-refractivity contribution >= 4 is 17.5 Å². The van der Waals surface area contributed by atoms with Crippen LogP contribution >= 0.6 is 11.6 Å². The summed E-state index contributed by atoms with van der Waals surface area (Å²) in [6.45, 7) is 0.273. The lowest BCUT2D eigenvalue weighted by Gasteiger charge is -2.04. The number of rotatable bonds is 3. The van der Waals surface area contributed by atoms with Crippen molar-refractivity contribution in [2.75, 3.05) is 0 Å². The third kappa shape index (κ3) is 2.87. The van der Waals surface area contributed by atoms with Crippen molar-refractivity contribution in [3.8, 4) is 0 Å². The van der Waals surface area contributed by atoms with Gasteiger partial charge in [-0.3, -0.25) is 4.79 Å². The van der Waals surface area contributed by atoms with Crippen molar-refractivity contribution in [2.24, 2.45) is 7.05 Å². The highest BCUT2D eigenvalue weighted by Gasteiger charge is 2.08. The lowest BCUT2D eigenvalue weighted by atomic mass is 10.2. The van der Waals surface area contributed by atoms with Crippen molar-refractivity contribution in [3.05, 3.63) is 52.8 Å². The van der Waals surface area contributed by atoms with Crippen LogP contribution in [-0.4, -0.2) is 15.5 Å². The van der Waals surface area contributed by atoms with Crippen LogP contribution in [0.3, 0.4) is 0 Å². The number of hydrogen-bond donors (Lipinski definition) is 1. The maximum absolute atomic E-state index is 12.9. The van der Waals surface area contributed by atoms with Gasteiger partial charge < -0.3 is 9.88 Å². The van der Waals surface area contributed by atoms with Crippen molar-refractivity contribution in [3.63, 3.8) is 0 Å². The van der Waals surface area contributed by atoms with Gasteiger partial charge in [0.05, 0.1) is 11.3 Å². The molecule has 1 amide bonds. The fraction of sp³-hybridized carbons (Fsp3) is 0.167. The van der Waals surface area contributed by atoms with Crippen LogP contribution in [0.2, 0.25) is 5.02 Å². The highest BCUT2D eigenvalue weighted by molar-refractivity contribution is 6.30. The van der Waals surface area contributed by atoms with Gasteiger partial charge in [0.15, 0.2) is 0 Å². The van der Waals surface area contributed by atoms with Gasteiger partial charge in [-0.15, -0.1) is 0 Å². The van der Waals surface area contributed by atoms with Crippen LogP contribution < -0.4 is 5.32 Å². The molecule has 0 aliphatic carbocycles. The standard InChI is InChI=1S/C12H11ClFN3O/c1-17-6-11(16-7-17)12(18)15-5-8-2-3-10(14)9(13)4-8/h2-4,6-7H,5H2,1H3,(H,15,18). The van der Waals surface area contributed by atoms with E-state index in [0.717, 1.165) is 5.56 Å². The quantitative estimate of drug-likeness (QED) is 0.926. The maximum Gasteiger partial charge on any atom is 0.271 e. The average Bonchev–Trinajstić information content (AvgIpc) is 2.77. The molecular weight excluding hydrogens is 257 g/mol. The number of carbonyl (C=O) groups is 1. The van der Waals surface area contributed by atoms with Gasteiger partial charge in [-0.2, -0.15) is 0 Å². The highest BCUT2D eigenvalue weighted by atomic mass is 35.5. The second-order valence-corrected chi connectivity index (χ2v) is 4.26. The van der Waals surface area contributed by atoms with Crippen LogP contribution in [0.15, 0.2) is 30.7 Å². The first-order valence-electron chi connectivity index (χ1n) is 5.26. The summed E-state index contributed by atoms with van der Waals surface area (Å²) in [5.74, 6) is -0.757. The molecule has 0 bridgehead atoms. The molecule has 0 unspecified atom stereocenters. The first-order valence-corrected chi connectivity index (χ1v) is 5.64. The van der Waals surface area contributed by atoms with Gasteiger partial charge in [0, 0.05) is 19.8 Å². The molecule has 0 saturated carbocycles. The minimum Gasteiger partial charge on any atom is -0.347 e. The number of halogens is 2. The molecule has 6 heteroatoms. The van der Waals surface area contributed by atoms with Crippen LogP contribution in [0, 0.1) is 5.82 Å². The largest absolute Gasteiger partial charge is 0.347 e. The normalized spacial score (nSPS) is 10.4. The number of hydrogen-bond acceptors (Lipinski definition) is 2. The zero-order valence-corrected chi connectivity index (χ0v) is 10.4. The third-order valence-corrected chi connectivity index (χ3v) is 2.66. The summed E-state index contributed by atoms with van der Waals surface area (Å²) in [6, 6.07) is 4.32. The molecule has 4 nitrogen and oxygen atoms in total. The lowest BCUT2D eigenvalue weighted by molar-refractivity contribution is 0.0946. The Labute approximate surface area is 108 Å². The van der Waals surface area contributed by atoms with E-state index in [2.05, 4.69) is 10.3 Å². The zero-order chi connectivity index (χ0) is 13.1. The number of benzene rings is 1. The molecule has 0 spiro atoms. The van der Waals surface area contributed by atoms with E-state index in [1.165, 1.54) is 12.1 Å². The Morgan fingerprint density at radius 1 is 1.56 bits per heavy atom. The van der Waals surface area contributed by atoms with Crippen LogP contribution in [-0.2, 0) is 13.6 Å². The van der Waals surface area contributed by atoms with Crippen molar-refractivity contribution in [2.45, 2.75) is 6.54 Å².